The monoisotopic (exact) mass is 248 g/mol. The van der Waals surface area contributed by atoms with E-state index in [1.165, 1.54) is 12.1 Å². The van der Waals surface area contributed by atoms with Crippen LogP contribution in [0, 0.1) is 11.6 Å². The lowest BCUT2D eigenvalue weighted by Gasteiger charge is -2.05. The summed E-state index contributed by atoms with van der Waals surface area (Å²) in [5.74, 6) is -1.06. The van der Waals surface area contributed by atoms with Crippen molar-refractivity contribution in [2.45, 2.75) is 13.0 Å². The van der Waals surface area contributed by atoms with Gasteiger partial charge in [0, 0.05) is 43.0 Å². The average Bonchev–Trinajstić information content (AvgIpc) is 2.38. The Hall–Kier alpha value is -1.81. The van der Waals surface area contributed by atoms with Gasteiger partial charge in [-0.25, -0.2) is 8.78 Å². The fraction of sp³-hybridized carbons (Fsp3) is 0.214. The van der Waals surface area contributed by atoms with Crippen LogP contribution >= 0.6 is 0 Å². The van der Waals surface area contributed by atoms with Crippen molar-refractivity contribution in [3.63, 3.8) is 0 Å². The molecule has 0 aliphatic rings. The summed E-state index contributed by atoms with van der Waals surface area (Å²) in [6, 6.07) is 9.36. The predicted molar refractivity (Wildman–Crippen MR) is 66.0 cm³/mol. The second kappa shape index (κ2) is 6.21. The Morgan fingerprint density at radius 3 is 2.72 bits per heavy atom. The molecule has 0 saturated carbocycles. The number of pyridine rings is 1. The molecule has 0 unspecified atom stereocenters. The SMILES string of the molecule is Fc1ccc(CNCCc2ccccn2)c(F)c1. The van der Waals surface area contributed by atoms with Gasteiger partial charge in [-0.05, 0) is 18.2 Å². The van der Waals surface area contributed by atoms with Crippen molar-refractivity contribution in [3.8, 4) is 0 Å². The Bertz CT molecular complexity index is 500. The van der Waals surface area contributed by atoms with E-state index < -0.39 is 11.6 Å². The van der Waals surface area contributed by atoms with Crippen molar-refractivity contribution in [1.82, 2.24) is 10.3 Å². The summed E-state index contributed by atoms with van der Waals surface area (Å²) in [5, 5.41) is 3.11. The zero-order valence-corrected chi connectivity index (χ0v) is 9.87. The number of hydrogen-bond donors (Lipinski definition) is 1. The smallest absolute Gasteiger partial charge is 0.130 e. The Morgan fingerprint density at radius 2 is 2.00 bits per heavy atom. The zero-order chi connectivity index (χ0) is 12.8. The van der Waals surface area contributed by atoms with Gasteiger partial charge in [0.15, 0.2) is 0 Å². The molecule has 0 bridgehead atoms. The Labute approximate surface area is 105 Å². The van der Waals surface area contributed by atoms with E-state index in [2.05, 4.69) is 10.3 Å². The number of rotatable bonds is 5. The molecule has 2 nitrogen and oxygen atoms in total. The van der Waals surface area contributed by atoms with Crippen molar-refractivity contribution < 1.29 is 8.78 Å². The zero-order valence-electron chi connectivity index (χ0n) is 9.87. The molecule has 18 heavy (non-hydrogen) atoms. The van der Waals surface area contributed by atoms with Crippen LogP contribution in [-0.2, 0) is 13.0 Å². The predicted octanol–water partition coefficient (Wildman–Crippen LogP) is 2.69. The molecule has 4 heteroatoms. The molecule has 0 amide bonds. The fourth-order valence-corrected chi connectivity index (χ4v) is 1.65. The van der Waals surface area contributed by atoms with Crippen molar-refractivity contribution in [3.05, 3.63) is 65.5 Å². The molecular weight excluding hydrogens is 234 g/mol. The fourth-order valence-electron chi connectivity index (χ4n) is 1.65. The van der Waals surface area contributed by atoms with E-state index in [-0.39, 0.29) is 0 Å². The molecule has 1 aromatic carbocycles. The molecule has 0 fully saturated rings. The standard InChI is InChI=1S/C14H14F2N2/c15-12-5-4-11(14(16)9-12)10-17-8-6-13-3-1-2-7-18-13/h1-5,7,9,17H,6,8,10H2. The number of hydrogen-bond acceptors (Lipinski definition) is 2. The van der Waals surface area contributed by atoms with Gasteiger partial charge in [-0.15, -0.1) is 0 Å². The Balaban J connectivity index is 1.79. The number of nitrogens with zero attached hydrogens (tertiary/aromatic N) is 1. The number of aromatic nitrogens is 1. The maximum atomic E-state index is 13.3. The van der Waals surface area contributed by atoms with Gasteiger partial charge in [0.05, 0.1) is 0 Å². The third-order valence-corrected chi connectivity index (χ3v) is 2.61. The highest BCUT2D eigenvalue weighted by Crippen LogP contribution is 2.08. The second-order valence-corrected chi connectivity index (χ2v) is 3.98. The van der Waals surface area contributed by atoms with Gasteiger partial charge in [-0.1, -0.05) is 12.1 Å². The summed E-state index contributed by atoms with van der Waals surface area (Å²) in [4.78, 5) is 4.19. The van der Waals surface area contributed by atoms with E-state index in [1.54, 1.807) is 6.20 Å². The van der Waals surface area contributed by atoms with Gasteiger partial charge < -0.3 is 5.32 Å². The number of nitrogens with one attached hydrogen (secondary N) is 1. The first-order valence-corrected chi connectivity index (χ1v) is 5.80. The summed E-state index contributed by atoms with van der Waals surface area (Å²) >= 11 is 0. The van der Waals surface area contributed by atoms with Gasteiger partial charge in [0.25, 0.3) is 0 Å². The molecule has 0 aliphatic carbocycles. The molecule has 1 N–H and O–H groups in total. The lowest BCUT2D eigenvalue weighted by Crippen LogP contribution is -2.17. The molecule has 0 saturated heterocycles. The third kappa shape index (κ3) is 3.60. The summed E-state index contributed by atoms with van der Waals surface area (Å²) in [7, 11) is 0. The van der Waals surface area contributed by atoms with E-state index in [1.807, 2.05) is 18.2 Å². The van der Waals surface area contributed by atoms with Crippen LogP contribution in [0.2, 0.25) is 0 Å². The van der Waals surface area contributed by atoms with E-state index in [9.17, 15) is 8.78 Å². The molecule has 1 heterocycles. The Kier molecular flexibility index (Phi) is 4.36. The lowest BCUT2D eigenvalue weighted by atomic mass is 10.2. The minimum absolute atomic E-state index is 0.388. The highest BCUT2D eigenvalue weighted by atomic mass is 19.1. The molecule has 2 aromatic rings. The van der Waals surface area contributed by atoms with Gasteiger partial charge in [0.1, 0.15) is 11.6 Å². The largest absolute Gasteiger partial charge is 0.312 e. The maximum Gasteiger partial charge on any atom is 0.130 e. The number of benzene rings is 1. The molecule has 2 rings (SSSR count). The van der Waals surface area contributed by atoms with Crippen LogP contribution in [0.25, 0.3) is 0 Å². The quantitative estimate of drug-likeness (QED) is 0.823. The van der Waals surface area contributed by atoms with Crippen LogP contribution in [0.1, 0.15) is 11.3 Å². The van der Waals surface area contributed by atoms with E-state index in [4.69, 9.17) is 0 Å². The van der Waals surface area contributed by atoms with Crippen LogP contribution in [0.3, 0.4) is 0 Å². The normalized spacial score (nSPS) is 10.6. The minimum Gasteiger partial charge on any atom is -0.312 e. The molecule has 1 aromatic heterocycles. The summed E-state index contributed by atoms with van der Waals surface area (Å²) in [5.41, 5.74) is 1.46. The highest BCUT2D eigenvalue weighted by molar-refractivity contribution is 5.18. The van der Waals surface area contributed by atoms with Crippen LogP contribution in [-0.4, -0.2) is 11.5 Å². The van der Waals surface area contributed by atoms with E-state index >= 15 is 0 Å². The molecule has 0 radical (unpaired) electrons. The molecule has 0 spiro atoms. The first-order chi connectivity index (χ1) is 8.75. The van der Waals surface area contributed by atoms with Crippen molar-refractivity contribution >= 4 is 0 Å². The second-order valence-electron chi connectivity index (χ2n) is 3.98. The average molecular weight is 248 g/mol. The van der Waals surface area contributed by atoms with E-state index in [0.29, 0.717) is 18.7 Å². The molecular formula is C14H14F2N2. The first-order valence-electron chi connectivity index (χ1n) is 5.80. The minimum atomic E-state index is -0.551. The van der Waals surface area contributed by atoms with Gasteiger partial charge in [-0.3, -0.25) is 4.98 Å². The maximum absolute atomic E-state index is 13.3. The lowest BCUT2D eigenvalue weighted by molar-refractivity contribution is 0.560. The molecule has 0 atom stereocenters. The van der Waals surface area contributed by atoms with Crippen molar-refractivity contribution in [2.75, 3.05) is 6.54 Å². The van der Waals surface area contributed by atoms with E-state index in [0.717, 1.165) is 18.2 Å². The van der Waals surface area contributed by atoms with Crippen molar-refractivity contribution in [1.29, 1.82) is 0 Å². The van der Waals surface area contributed by atoms with Crippen LogP contribution in [0.4, 0.5) is 8.78 Å². The summed E-state index contributed by atoms with van der Waals surface area (Å²) < 4.78 is 26.0. The number of halogens is 2. The van der Waals surface area contributed by atoms with Crippen LogP contribution < -0.4 is 5.32 Å². The van der Waals surface area contributed by atoms with Gasteiger partial charge >= 0.3 is 0 Å². The van der Waals surface area contributed by atoms with Crippen molar-refractivity contribution in [2.24, 2.45) is 0 Å². The van der Waals surface area contributed by atoms with Gasteiger partial charge in [0.2, 0.25) is 0 Å². The molecule has 0 aliphatic heterocycles. The third-order valence-electron chi connectivity index (χ3n) is 2.61. The molecule has 94 valence electrons. The first kappa shape index (κ1) is 12.6. The Morgan fingerprint density at radius 1 is 1.11 bits per heavy atom. The van der Waals surface area contributed by atoms with Crippen LogP contribution in [0.15, 0.2) is 42.6 Å². The highest BCUT2D eigenvalue weighted by Gasteiger charge is 2.02. The summed E-state index contributed by atoms with van der Waals surface area (Å²) in [6.45, 7) is 1.09. The topological polar surface area (TPSA) is 24.9 Å². The van der Waals surface area contributed by atoms with Crippen LogP contribution in [0.5, 0.6) is 0 Å². The summed E-state index contributed by atoms with van der Waals surface area (Å²) in [6.07, 6.45) is 2.53. The van der Waals surface area contributed by atoms with Gasteiger partial charge in [-0.2, -0.15) is 0 Å².